The molecule has 2 nitrogen and oxygen atoms in total. The van der Waals surface area contributed by atoms with E-state index in [9.17, 15) is 10.2 Å². The first-order chi connectivity index (χ1) is 10.8. The fraction of sp³-hybridized carbons (Fsp3) is 0.714. The molecule has 2 N–H and O–H groups in total. The first kappa shape index (κ1) is 15.4. The Morgan fingerprint density at radius 1 is 1.00 bits per heavy atom. The molecule has 0 unspecified atom stereocenters. The normalized spacial score (nSPS) is 35.7. The Bertz CT molecular complexity index is 594. The highest BCUT2D eigenvalue weighted by Crippen LogP contribution is 2.63. The summed E-state index contributed by atoms with van der Waals surface area (Å²) in [6.45, 7) is 6.75. The average molecular weight is 314 g/mol. The van der Waals surface area contributed by atoms with E-state index in [0.717, 1.165) is 29.7 Å². The molecule has 4 aliphatic carbocycles. The number of aromatic hydroxyl groups is 2. The van der Waals surface area contributed by atoms with Crippen LogP contribution in [0.5, 0.6) is 11.5 Å². The Morgan fingerprint density at radius 3 is 2.00 bits per heavy atom. The lowest BCUT2D eigenvalue weighted by Crippen LogP contribution is -2.49. The largest absolute Gasteiger partial charge is 0.504 e. The third-order valence-electron chi connectivity index (χ3n) is 7.34. The zero-order valence-corrected chi connectivity index (χ0v) is 14.7. The fourth-order valence-corrected chi connectivity index (χ4v) is 6.29. The maximum absolute atomic E-state index is 10.8. The summed E-state index contributed by atoms with van der Waals surface area (Å²) in [5, 5.41) is 21.1. The van der Waals surface area contributed by atoms with Crippen LogP contribution >= 0.6 is 0 Å². The Balaban J connectivity index is 1.90. The van der Waals surface area contributed by atoms with Crippen LogP contribution in [0.15, 0.2) is 12.1 Å². The van der Waals surface area contributed by atoms with Gasteiger partial charge < -0.3 is 10.2 Å². The molecule has 0 aromatic heterocycles. The van der Waals surface area contributed by atoms with Gasteiger partial charge in [0.2, 0.25) is 0 Å². The quantitative estimate of drug-likeness (QED) is 0.748. The van der Waals surface area contributed by atoms with Gasteiger partial charge in [-0.15, -0.1) is 0 Å². The van der Waals surface area contributed by atoms with Crippen molar-refractivity contribution in [1.29, 1.82) is 0 Å². The number of benzene rings is 1. The second kappa shape index (κ2) is 4.91. The highest BCUT2D eigenvalue weighted by molar-refractivity contribution is 5.55. The van der Waals surface area contributed by atoms with Gasteiger partial charge in [-0.05, 0) is 79.7 Å². The molecule has 4 bridgehead atoms. The molecular weight excluding hydrogens is 284 g/mol. The minimum Gasteiger partial charge on any atom is -0.504 e. The van der Waals surface area contributed by atoms with Crippen molar-refractivity contribution in [1.82, 2.24) is 0 Å². The van der Waals surface area contributed by atoms with Gasteiger partial charge in [0.1, 0.15) is 0 Å². The van der Waals surface area contributed by atoms with Gasteiger partial charge in [0, 0.05) is 11.0 Å². The van der Waals surface area contributed by atoms with E-state index in [1.165, 1.54) is 44.1 Å². The second-order valence-corrected chi connectivity index (χ2v) is 9.29. The van der Waals surface area contributed by atoms with Gasteiger partial charge in [0.15, 0.2) is 11.5 Å². The van der Waals surface area contributed by atoms with Crippen LogP contribution in [0.3, 0.4) is 0 Å². The molecule has 1 aromatic carbocycles. The molecular formula is C21H30O2. The van der Waals surface area contributed by atoms with Crippen molar-refractivity contribution in [2.75, 3.05) is 0 Å². The summed E-state index contributed by atoms with van der Waals surface area (Å²) in [5.41, 5.74) is 2.50. The summed E-state index contributed by atoms with van der Waals surface area (Å²) in [7, 11) is 0. The van der Waals surface area contributed by atoms with Crippen LogP contribution in [0.1, 0.15) is 76.8 Å². The predicted molar refractivity (Wildman–Crippen MR) is 92.9 cm³/mol. The van der Waals surface area contributed by atoms with Crippen molar-refractivity contribution in [3.8, 4) is 11.5 Å². The first-order valence-corrected chi connectivity index (χ1v) is 9.40. The smallest absolute Gasteiger partial charge is 0.161 e. The monoisotopic (exact) mass is 314 g/mol. The molecule has 5 rings (SSSR count). The lowest BCUT2D eigenvalue weighted by Gasteiger charge is -2.58. The molecule has 4 fully saturated rings. The minimum absolute atomic E-state index is 0.0316. The molecule has 0 saturated heterocycles. The van der Waals surface area contributed by atoms with Crippen LogP contribution in [-0.2, 0) is 10.8 Å². The number of phenols is 2. The van der Waals surface area contributed by atoms with Gasteiger partial charge in [-0.25, -0.2) is 0 Å². The van der Waals surface area contributed by atoms with Crippen LogP contribution in [0.2, 0.25) is 0 Å². The number of rotatable bonds is 3. The maximum Gasteiger partial charge on any atom is 0.161 e. The molecule has 2 heteroatoms. The highest BCUT2D eigenvalue weighted by atomic mass is 16.3. The summed E-state index contributed by atoms with van der Waals surface area (Å²) in [4.78, 5) is 0. The topological polar surface area (TPSA) is 40.5 Å². The molecule has 0 radical (unpaired) electrons. The standard InChI is InChI=1S/C21H30O2/c1-4-20(2,3)16-5-6-17(22)19(23)18(16)21-10-13-7-14(11-21)9-15(8-13)12-21/h5-6,13-15,22-23H,4,7-12H2,1-3H3. The summed E-state index contributed by atoms with van der Waals surface area (Å²) in [5.74, 6) is 2.74. The molecule has 1 aromatic rings. The van der Waals surface area contributed by atoms with Crippen molar-refractivity contribution >= 4 is 0 Å². The minimum atomic E-state index is 0.0316. The Morgan fingerprint density at radius 2 is 1.52 bits per heavy atom. The molecule has 0 aliphatic heterocycles. The summed E-state index contributed by atoms with van der Waals surface area (Å²) in [6, 6.07) is 3.76. The number of hydrogen-bond donors (Lipinski definition) is 2. The zero-order chi connectivity index (χ0) is 16.4. The molecule has 126 valence electrons. The van der Waals surface area contributed by atoms with Gasteiger partial charge >= 0.3 is 0 Å². The van der Waals surface area contributed by atoms with Crippen molar-refractivity contribution in [3.63, 3.8) is 0 Å². The van der Waals surface area contributed by atoms with E-state index in [0.29, 0.717) is 0 Å². The highest BCUT2D eigenvalue weighted by Gasteiger charge is 2.53. The summed E-state index contributed by atoms with van der Waals surface area (Å²) < 4.78 is 0. The van der Waals surface area contributed by atoms with E-state index >= 15 is 0 Å². The van der Waals surface area contributed by atoms with E-state index in [2.05, 4.69) is 26.8 Å². The summed E-state index contributed by atoms with van der Waals surface area (Å²) >= 11 is 0. The third kappa shape index (κ3) is 2.21. The van der Waals surface area contributed by atoms with Gasteiger partial charge in [-0.3, -0.25) is 0 Å². The fourth-order valence-electron chi connectivity index (χ4n) is 6.29. The molecule has 0 atom stereocenters. The van der Waals surface area contributed by atoms with E-state index in [1.54, 1.807) is 6.07 Å². The second-order valence-electron chi connectivity index (χ2n) is 9.29. The van der Waals surface area contributed by atoms with Gasteiger partial charge in [0.05, 0.1) is 0 Å². The Kier molecular flexibility index (Phi) is 3.28. The SMILES string of the molecule is CCC(C)(C)c1ccc(O)c(O)c1C12CC3CC(CC(C3)C1)C2. The van der Waals surface area contributed by atoms with Crippen LogP contribution < -0.4 is 0 Å². The molecule has 0 heterocycles. The maximum atomic E-state index is 10.8. The predicted octanol–water partition coefficient (Wildman–Crippen LogP) is 5.25. The number of hydrogen-bond acceptors (Lipinski definition) is 2. The van der Waals surface area contributed by atoms with Crippen molar-refractivity contribution in [3.05, 3.63) is 23.3 Å². The van der Waals surface area contributed by atoms with Crippen LogP contribution in [0.4, 0.5) is 0 Å². The Hall–Kier alpha value is -1.18. The van der Waals surface area contributed by atoms with E-state index in [-0.39, 0.29) is 22.3 Å². The van der Waals surface area contributed by atoms with Crippen LogP contribution in [0, 0.1) is 17.8 Å². The van der Waals surface area contributed by atoms with Gasteiger partial charge in [-0.1, -0.05) is 26.8 Å². The average Bonchev–Trinajstić information content (AvgIpc) is 2.48. The molecule has 0 amide bonds. The first-order valence-electron chi connectivity index (χ1n) is 9.40. The van der Waals surface area contributed by atoms with Crippen molar-refractivity contribution < 1.29 is 10.2 Å². The van der Waals surface area contributed by atoms with Crippen LogP contribution in [-0.4, -0.2) is 10.2 Å². The van der Waals surface area contributed by atoms with Crippen LogP contribution in [0.25, 0.3) is 0 Å². The van der Waals surface area contributed by atoms with Crippen molar-refractivity contribution in [2.24, 2.45) is 17.8 Å². The molecule has 4 aliphatic rings. The molecule has 4 saturated carbocycles. The lowest BCUT2D eigenvalue weighted by atomic mass is 9.47. The third-order valence-corrected chi connectivity index (χ3v) is 7.34. The van der Waals surface area contributed by atoms with Crippen molar-refractivity contribution in [2.45, 2.75) is 76.5 Å². The van der Waals surface area contributed by atoms with Gasteiger partial charge in [-0.2, -0.15) is 0 Å². The molecule has 0 spiro atoms. The van der Waals surface area contributed by atoms with E-state index in [1.807, 2.05) is 0 Å². The summed E-state index contributed by atoms with van der Waals surface area (Å²) in [6.07, 6.45) is 8.85. The zero-order valence-electron chi connectivity index (χ0n) is 14.7. The molecule has 23 heavy (non-hydrogen) atoms. The van der Waals surface area contributed by atoms with E-state index in [4.69, 9.17) is 0 Å². The Labute approximate surface area is 139 Å². The van der Waals surface area contributed by atoms with E-state index < -0.39 is 0 Å². The lowest BCUT2D eigenvalue weighted by molar-refractivity contribution is -0.00711. The number of phenolic OH excluding ortho intramolecular Hbond substituents is 2. The van der Waals surface area contributed by atoms with Gasteiger partial charge in [0.25, 0.3) is 0 Å².